The molecule has 0 aliphatic carbocycles. The van der Waals surface area contributed by atoms with Gasteiger partial charge >= 0.3 is 0 Å². The summed E-state index contributed by atoms with van der Waals surface area (Å²) in [5.74, 6) is 1.65. The molecule has 3 rings (SSSR count). The summed E-state index contributed by atoms with van der Waals surface area (Å²) in [4.78, 5) is 15.5. The van der Waals surface area contributed by atoms with E-state index in [1.54, 1.807) is 7.11 Å². The van der Waals surface area contributed by atoms with Gasteiger partial charge in [-0.3, -0.25) is 4.79 Å². The van der Waals surface area contributed by atoms with Crippen LogP contribution < -0.4 is 24.6 Å². The van der Waals surface area contributed by atoms with Crippen molar-refractivity contribution in [3.05, 3.63) is 54.6 Å². The highest BCUT2D eigenvalue weighted by Crippen LogP contribution is 2.22. The highest BCUT2D eigenvalue weighted by atomic mass is 16.5. The summed E-state index contributed by atoms with van der Waals surface area (Å²) < 4.78 is 11.1. The number of hydrogen-bond acceptors (Lipinski definition) is 3. The molecule has 0 saturated carbocycles. The first kappa shape index (κ1) is 20.2. The quantitative estimate of drug-likeness (QED) is 0.594. The van der Waals surface area contributed by atoms with Gasteiger partial charge in [-0.15, -0.1) is 0 Å². The Morgan fingerprint density at radius 3 is 2.43 bits per heavy atom. The largest absolute Gasteiger partial charge is 0.495 e. The molecule has 150 valence electrons. The van der Waals surface area contributed by atoms with Gasteiger partial charge in [0.15, 0.2) is 6.04 Å². The SMILES string of the molecule is COc1ccccc1NC(=O)[C@H](C)[NH+]1CC[NH+](CCOc2ccccc2)CC1. The minimum atomic E-state index is -0.0907. The van der Waals surface area contributed by atoms with Crippen LogP contribution in [0.15, 0.2) is 54.6 Å². The number of amides is 1. The molecule has 1 aliphatic rings. The van der Waals surface area contributed by atoms with Gasteiger partial charge in [-0.05, 0) is 31.2 Å². The Kier molecular flexibility index (Phi) is 7.28. The third-order valence-electron chi connectivity index (χ3n) is 5.44. The van der Waals surface area contributed by atoms with E-state index in [0.29, 0.717) is 5.75 Å². The minimum absolute atomic E-state index is 0.0374. The van der Waals surface area contributed by atoms with Gasteiger partial charge in [0.2, 0.25) is 0 Å². The van der Waals surface area contributed by atoms with Crippen molar-refractivity contribution in [1.82, 2.24) is 0 Å². The molecule has 2 aromatic carbocycles. The average Bonchev–Trinajstić information content (AvgIpc) is 2.75. The van der Waals surface area contributed by atoms with Crippen molar-refractivity contribution in [2.24, 2.45) is 0 Å². The van der Waals surface area contributed by atoms with E-state index in [1.807, 2.05) is 61.5 Å². The highest BCUT2D eigenvalue weighted by molar-refractivity contribution is 5.94. The number of methoxy groups -OCH3 is 1. The number of hydrogen-bond donors (Lipinski definition) is 3. The van der Waals surface area contributed by atoms with E-state index in [1.165, 1.54) is 9.80 Å². The van der Waals surface area contributed by atoms with E-state index in [9.17, 15) is 4.79 Å². The molecule has 2 aromatic rings. The lowest BCUT2D eigenvalue weighted by Gasteiger charge is -2.32. The molecule has 0 spiro atoms. The van der Waals surface area contributed by atoms with Crippen molar-refractivity contribution >= 4 is 11.6 Å². The standard InChI is InChI=1S/C22H29N3O3/c1-18(22(26)23-20-10-6-7-11-21(20)27-2)25-14-12-24(13-15-25)16-17-28-19-8-4-3-5-9-19/h3-11,18H,12-17H2,1-2H3,(H,23,26)/p+2/t18-/m0/s1. The normalized spacial score (nSPS) is 20.2. The lowest BCUT2D eigenvalue weighted by molar-refractivity contribution is -1.02. The second-order valence-electron chi connectivity index (χ2n) is 7.23. The number of anilines is 1. The molecule has 1 amide bonds. The third-order valence-corrected chi connectivity index (χ3v) is 5.44. The van der Waals surface area contributed by atoms with Crippen LogP contribution in [0.5, 0.6) is 11.5 Å². The van der Waals surface area contributed by atoms with Crippen LogP contribution in [0.3, 0.4) is 0 Å². The van der Waals surface area contributed by atoms with Crippen LogP contribution in [-0.4, -0.2) is 58.4 Å². The van der Waals surface area contributed by atoms with Crippen molar-refractivity contribution in [2.75, 3.05) is 51.8 Å². The smallest absolute Gasteiger partial charge is 0.282 e. The number of quaternary nitrogens is 2. The zero-order chi connectivity index (χ0) is 19.8. The van der Waals surface area contributed by atoms with E-state index in [-0.39, 0.29) is 11.9 Å². The lowest BCUT2D eigenvalue weighted by Crippen LogP contribution is -3.30. The van der Waals surface area contributed by atoms with Crippen LogP contribution in [0.4, 0.5) is 5.69 Å². The Balaban J connectivity index is 1.41. The number of rotatable bonds is 8. The Bertz CT molecular complexity index is 746. The first-order chi connectivity index (χ1) is 13.7. The molecule has 28 heavy (non-hydrogen) atoms. The summed E-state index contributed by atoms with van der Waals surface area (Å²) in [5.41, 5.74) is 0.726. The first-order valence-corrected chi connectivity index (χ1v) is 9.97. The first-order valence-electron chi connectivity index (χ1n) is 9.97. The molecule has 6 heteroatoms. The third kappa shape index (κ3) is 5.47. The molecule has 0 aromatic heterocycles. The van der Waals surface area contributed by atoms with Crippen LogP contribution in [-0.2, 0) is 4.79 Å². The molecule has 1 atom stereocenters. The van der Waals surface area contributed by atoms with Gasteiger partial charge in [0, 0.05) is 0 Å². The Morgan fingerprint density at radius 1 is 1.04 bits per heavy atom. The van der Waals surface area contributed by atoms with E-state index >= 15 is 0 Å². The summed E-state index contributed by atoms with van der Waals surface area (Å²) in [5, 5.41) is 3.01. The molecule has 6 nitrogen and oxygen atoms in total. The van der Waals surface area contributed by atoms with Crippen LogP contribution in [0.1, 0.15) is 6.92 Å². The summed E-state index contributed by atoms with van der Waals surface area (Å²) in [6, 6.07) is 17.4. The van der Waals surface area contributed by atoms with Gasteiger partial charge in [-0.1, -0.05) is 30.3 Å². The minimum Gasteiger partial charge on any atom is -0.495 e. The summed E-state index contributed by atoms with van der Waals surface area (Å²) >= 11 is 0. The second-order valence-corrected chi connectivity index (χ2v) is 7.23. The molecule has 1 saturated heterocycles. The summed E-state index contributed by atoms with van der Waals surface area (Å²) in [7, 11) is 1.61. The molecule has 1 heterocycles. The van der Waals surface area contributed by atoms with Crippen molar-refractivity contribution < 1.29 is 24.1 Å². The lowest BCUT2D eigenvalue weighted by atomic mass is 10.2. The molecule has 1 fully saturated rings. The Morgan fingerprint density at radius 2 is 1.71 bits per heavy atom. The topological polar surface area (TPSA) is 56.4 Å². The van der Waals surface area contributed by atoms with Crippen LogP contribution in [0.2, 0.25) is 0 Å². The predicted molar refractivity (Wildman–Crippen MR) is 109 cm³/mol. The van der Waals surface area contributed by atoms with Crippen LogP contribution in [0, 0.1) is 0 Å². The predicted octanol–water partition coefficient (Wildman–Crippen LogP) is -0.115. The number of ether oxygens (including phenoxy) is 2. The fourth-order valence-electron chi connectivity index (χ4n) is 3.61. The van der Waals surface area contributed by atoms with E-state index in [2.05, 4.69) is 5.32 Å². The van der Waals surface area contributed by atoms with E-state index in [4.69, 9.17) is 9.47 Å². The highest BCUT2D eigenvalue weighted by Gasteiger charge is 2.31. The number of para-hydroxylation sites is 3. The number of carbonyl (C=O) groups is 1. The van der Waals surface area contributed by atoms with Gasteiger partial charge < -0.3 is 24.6 Å². The van der Waals surface area contributed by atoms with Crippen molar-refractivity contribution in [1.29, 1.82) is 0 Å². The van der Waals surface area contributed by atoms with Crippen LogP contribution >= 0.6 is 0 Å². The van der Waals surface area contributed by atoms with Gasteiger partial charge in [-0.25, -0.2) is 0 Å². The van der Waals surface area contributed by atoms with Crippen molar-refractivity contribution in [3.8, 4) is 11.5 Å². The van der Waals surface area contributed by atoms with Crippen molar-refractivity contribution in [2.45, 2.75) is 13.0 Å². The van der Waals surface area contributed by atoms with Crippen LogP contribution in [0.25, 0.3) is 0 Å². The molecular formula is C22H31N3O3+2. The zero-order valence-electron chi connectivity index (χ0n) is 16.7. The molecule has 3 N–H and O–H groups in total. The molecule has 0 unspecified atom stereocenters. The maximum Gasteiger partial charge on any atom is 0.282 e. The molecular weight excluding hydrogens is 354 g/mol. The van der Waals surface area contributed by atoms with Gasteiger partial charge in [-0.2, -0.15) is 0 Å². The molecule has 0 bridgehead atoms. The fraction of sp³-hybridized carbons (Fsp3) is 0.409. The second kappa shape index (κ2) is 10.1. The summed E-state index contributed by atoms with van der Waals surface area (Å²) in [6.07, 6.45) is 0. The van der Waals surface area contributed by atoms with Gasteiger partial charge in [0.25, 0.3) is 5.91 Å². The number of benzene rings is 2. The van der Waals surface area contributed by atoms with E-state index < -0.39 is 0 Å². The number of piperazine rings is 1. The number of carbonyl (C=O) groups excluding carboxylic acids is 1. The summed E-state index contributed by atoms with van der Waals surface area (Å²) in [6.45, 7) is 7.80. The Hall–Kier alpha value is -2.57. The maximum atomic E-state index is 12.7. The van der Waals surface area contributed by atoms with Crippen molar-refractivity contribution in [3.63, 3.8) is 0 Å². The molecule has 1 aliphatic heterocycles. The monoisotopic (exact) mass is 385 g/mol. The van der Waals surface area contributed by atoms with Gasteiger partial charge in [0.1, 0.15) is 50.8 Å². The fourth-order valence-corrected chi connectivity index (χ4v) is 3.61. The number of nitrogens with one attached hydrogen (secondary N) is 3. The van der Waals surface area contributed by atoms with Gasteiger partial charge in [0.05, 0.1) is 12.8 Å². The maximum absolute atomic E-state index is 12.7. The average molecular weight is 386 g/mol. The Labute approximate surface area is 167 Å². The molecule has 0 radical (unpaired) electrons. The van der Waals surface area contributed by atoms with E-state index in [0.717, 1.165) is 50.8 Å². The zero-order valence-corrected chi connectivity index (χ0v) is 16.7.